The number of alkyl carbamates (subject to hydrolysis) is 1. The van der Waals surface area contributed by atoms with E-state index in [0.717, 1.165) is 45.6 Å². The Hall–Kier alpha value is -3.06. The molecule has 2 aromatic rings. The number of piperazine rings is 1. The van der Waals surface area contributed by atoms with Gasteiger partial charge in [-0.05, 0) is 58.0 Å². The van der Waals surface area contributed by atoms with Crippen LogP contribution >= 0.6 is 11.8 Å². The number of unbranched alkanes of at least 4 members (excludes halogenated alkanes) is 1. The standard InChI is InChI=1S/C23H36N8O4S/c1-23(2,3)35-22(32)26-9-6-7-11-30-12-14-31(15-13-30)20-28-18(33-4)17(19(29-20)34-5)36-21-25-10-8-16(24)27-21/h8,10H,6-7,9,11-15H2,1-5H3,(H,26,32)(H2,24,25,27). The van der Waals surface area contributed by atoms with Crippen molar-refractivity contribution in [2.45, 2.75) is 49.3 Å². The van der Waals surface area contributed by atoms with Crippen LogP contribution in [0.1, 0.15) is 33.6 Å². The SMILES string of the molecule is COc1nc(N2CCN(CCCCNC(=O)OC(C)(C)C)CC2)nc(OC)c1Sc1nccc(N)n1. The molecule has 1 saturated heterocycles. The summed E-state index contributed by atoms with van der Waals surface area (Å²) in [6.07, 6.45) is 3.11. The lowest BCUT2D eigenvalue weighted by molar-refractivity contribution is 0.0526. The third-order valence-corrected chi connectivity index (χ3v) is 6.18. The molecule has 1 fully saturated rings. The van der Waals surface area contributed by atoms with Crippen LogP contribution in [0.3, 0.4) is 0 Å². The zero-order chi connectivity index (χ0) is 26.1. The summed E-state index contributed by atoms with van der Waals surface area (Å²) in [5.74, 6) is 1.73. The highest BCUT2D eigenvalue weighted by Gasteiger charge is 2.24. The van der Waals surface area contributed by atoms with Gasteiger partial charge in [0.15, 0.2) is 5.16 Å². The highest BCUT2D eigenvalue weighted by atomic mass is 32.2. The molecule has 0 bridgehead atoms. The van der Waals surface area contributed by atoms with E-state index in [2.05, 4.69) is 35.1 Å². The van der Waals surface area contributed by atoms with Gasteiger partial charge in [-0.15, -0.1) is 0 Å². The molecule has 2 aromatic heterocycles. The average molecular weight is 521 g/mol. The quantitative estimate of drug-likeness (QED) is 0.351. The van der Waals surface area contributed by atoms with Crippen LogP contribution in [0.2, 0.25) is 0 Å². The molecule has 0 aromatic carbocycles. The summed E-state index contributed by atoms with van der Waals surface area (Å²) >= 11 is 1.24. The summed E-state index contributed by atoms with van der Waals surface area (Å²) in [4.78, 5) is 34.5. The molecule has 0 saturated carbocycles. The highest BCUT2D eigenvalue weighted by Crippen LogP contribution is 2.39. The van der Waals surface area contributed by atoms with E-state index < -0.39 is 5.60 Å². The van der Waals surface area contributed by atoms with Crippen molar-refractivity contribution in [2.24, 2.45) is 0 Å². The Kier molecular flexibility index (Phi) is 9.76. The van der Waals surface area contributed by atoms with Crippen molar-refractivity contribution >= 4 is 29.6 Å². The van der Waals surface area contributed by atoms with E-state index in [1.165, 1.54) is 11.8 Å². The maximum Gasteiger partial charge on any atom is 0.407 e. The van der Waals surface area contributed by atoms with Gasteiger partial charge in [-0.1, -0.05) is 0 Å². The van der Waals surface area contributed by atoms with Crippen LogP contribution in [0.25, 0.3) is 0 Å². The van der Waals surface area contributed by atoms with Gasteiger partial charge in [0.25, 0.3) is 0 Å². The van der Waals surface area contributed by atoms with E-state index in [1.54, 1.807) is 26.5 Å². The fourth-order valence-corrected chi connectivity index (χ4v) is 4.42. The van der Waals surface area contributed by atoms with Crippen molar-refractivity contribution in [2.75, 3.05) is 64.1 Å². The topological polar surface area (TPSA) is 141 Å². The Balaban J connectivity index is 1.50. The van der Waals surface area contributed by atoms with Gasteiger partial charge >= 0.3 is 6.09 Å². The van der Waals surface area contributed by atoms with Crippen molar-refractivity contribution in [3.05, 3.63) is 12.3 Å². The molecule has 1 aliphatic rings. The summed E-state index contributed by atoms with van der Waals surface area (Å²) in [5.41, 5.74) is 5.29. The van der Waals surface area contributed by atoms with Crippen molar-refractivity contribution < 1.29 is 19.0 Å². The maximum atomic E-state index is 11.7. The summed E-state index contributed by atoms with van der Waals surface area (Å²) in [6.45, 7) is 10.5. The number of methoxy groups -OCH3 is 2. The third-order valence-electron chi connectivity index (χ3n) is 5.25. The summed E-state index contributed by atoms with van der Waals surface area (Å²) < 4.78 is 16.3. The van der Waals surface area contributed by atoms with E-state index in [1.807, 2.05) is 20.8 Å². The summed E-state index contributed by atoms with van der Waals surface area (Å²) in [5, 5.41) is 3.26. The minimum Gasteiger partial charge on any atom is -0.480 e. The number of carbonyl (C=O) groups excluding carboxylic acids is 1. The molecule has 12 nitrogen and oxygen atoms in total. The number of nitrogens with zero attached hydrogens (tertiary/aromatic N) is 6. The summed E-state index contributed by atoms with van der Waals surface area (Å²) in [7, 11) is 3.12. The normalized spacial score (nSPS) is 14.4. The second-order valence-corrected chi connectivity index (χ2v) is 10.2. The number of nitrogens with two attached hydrogens (primary N) is 1. The van der Waals surface area contributed by atoms with Gasteiger partial charge in [-0.25, -0.2) is 14.8 Å². The molecule has 3 N–H and O–H groups in total. The molecule has 0 atom stereocenters. The van der Waals surface area contributed by atoms with Gasteiger partial charge < -0.3 is 30.2 Å². The van der Waals surface area contributed by atoms with Crippen LogP contribution < -0.4 is 25.4 Å². The molecule has 198 valence electrons. The van der Waals surface area contributed by atoms with Crippen molar-refractivity contribution in [1.82, 2.24) is 30.2 Å². The van der Waals surface area contributed by atoms with Crippen molar-refractivity contribution in [3.63, 3.8) is 0 Å². The fourth-order valence-electron chi connectivity index (χ4n) is 3.54. The van der Waals surface area contributed by atoms with E-state index in [-0.39, 0.29) is 6.09 Å². The second-order valence-electron chi connectivity index (χ2n) is 9.20. The van der Waals surface area contributed by atoms with Crippen molar-refractivity contribution in [1.29, 1.82) is 0 Å². The van der Waals surface area contributed by atoms with E-state index in [4.69, 9.17) is 19.9 Å². The van der Waals surface area contributed by atoms with Gasteiger partial charge in [0.1, 0.15) is 16.3 Å². The molecule has 1 aliphatic heterocycles. The van der Waals surface area contributed by atoms with Crippen LogP contribution in [0.15, 0.2) is 22.3 Å². The monoisotopic (exact) mass is 520 g/mol. The first-order valence-electron chi connectivity index (χ1n) is 11.9. The molecule has 13 heteroatoms. The van der Waals surface area contributed by atoms with Gasteiger partial charge in [0.2, 0.25) is 17.7 Å². The number of amides is 1. The Morgan fingerprint density at radius 1 is 1.08 bits per heavy atom. The Labute approximate surface area is 216 Å². The smallest absolute Gasteiger partial charge is 0.407 e. The largest absolute Gasteiger partial charge is 0.480 e. The third kappa shape index (κ3) is 8.26. The molecule has 0 unspecified atom stereocenters. The van der Waals surface area contributed by atoms with E-state index in [0.29, 0.717) is 40.1 Å². The second kappa shape index (κ2) is 12.8. The molecule has 0 aliphatic carbocycles. The molecular formula is C23H36N8O4S. The number of nitrogen functional groups attached to an aromatic ring is 1. The van der Waals surface area contributed by atoms with E-state index in [9.17, 15) is 4.79 Å². The molecule has 36 heavy (non-hydrogen) atoms. The molecule has 1 amide bonds. The Morgan fingerprint density at radius 3 is 2.33 bits per heavy atom. The molecule has 3 rings (SSSR count). The van der Waals surface area contributed by atoms with E-state index >= 15 is 0 Å². The molecule has 0 radical (unpaired) electrons. The highest BCUT2D eigenvalue weighted by molar-refractivity contribution is 7.99. The Morgan fingerprint density at radius 2 is 1.75 bits per heavy atom. The number of rotatable bonds is 10. The molecule has 0 spiro atoms. The van der Waals surface area contributed by atoms with Crippen LogP contribution in [0.4, 0.5) is 16.6 Å². The van der Waals surface area contributed by atoms with Gasteiger partial charge in [0, 0.05) is 38.9 Å². The first-order chi connectivity index (χ1) is 17.2. The predicted molar refractivity (Wildman–Crippen MR) is 138 cm³/mol. The number of hydrogen-bond acceptors (Lipinski definition) is 12. The first-order valence-corrected chi connectivity index (χ1v) is 12.7. The van der Waals surface area contributed by atoms with Crippen molar-refractivity contribution in [3.8, 4) is 11.8 Å². The van der Waals surface area contributed by atoms with Gasteiger partial charge in [-0.3, -0.25) is 4.90 Å². The lowest BCUT2D eigenvalue weighted by atomic mass is 10.2. The number of ether oxygens (including phenoxy) is 3. The number of anilines is 2. The maximum absolute atomic E-state index is 11.7. The number of carbonyl (C=O) groups is 1. The fraction of sp³-hybridized carbons (Fsp3) is 0.609. The molecule has 3 heterocycles. The van der Waals surface area contributed by atoms with Crippen LogP contribution in [0.5, 0.6) is 11.8 Å². The zero-order valence-corrected chi connectivity index (χ0v) is 22.4. The summed E-state index contributed by atoms with van der Waals surface area (Å²) in [6, 6.07) is 1.62. The van der Waals surface area contributed by atoms with Gasteiger partial charge in [-0.2, -0.15) is 9.97 Å². The zero-order valence-electron chi connectivity index (χ0n) is 21.6. The van der Waals surface area contributed by atoms with Crippen LogP contribution in [-0.4, -0.2) is 90.0 Å². The average Bonchev–Trinajstić information content (AvgIpc) is 2.83. The number of nitrogens with one attached hydrogen (secondary N) is 1. The number of hydrogen-bond donors (Lipinski definition) is 2. The minimum atomic E-state index is -0.481. The predicted octanol–water partition coefficient (Wildman–Crippen LogP) is 2.44. The Bertz CT molecular complexity index is 987. The first kappa shape index (κ1) is 27.5. The lowest BCUT2D eigenvalue weighted by Gasteiger charge is -2.35. The lowest BCUT2D eigenvalue weighted by Crippen LogP contribution is -2.47. The van der Waals surface area contributed by atoms with Crippen LogP contribution in [0, 0.1) is 0 Å². The van der Waals surface area contributed by atoms with Gasteiger partial charge in [0.05, 0.1) is 14.2 Å². The number of aromatic nitrogens is 4. The molecular weight excluding hydrogens is 484 g/mol. The minimum absolute atomic E-state index is 0.369. The van der Waals surface area contributed by atoms with Crippen LogP contribution in [-0.2, 0) is 4.74 Å².